The van der Waals surface area contributed by atoms with Gasteiger partial charge in [0.1, 0.15) is 23.1 Å². The van der Waals surface area contributed by atoms with Crippen LogP contribution in [0.3, 0.4) is 0 Å². The number of rotatable bonds is 9. The number of benzene rings is 3. The zero-order chi connectivity index (χ0) is 26.6. The second-order valence-corrected chi connectivity index (χ2v) is 10.3. The molecular weight excluding hydrogens is 494 g/mol. The molecule has 0 aliphatic carbocycles. The largest absolute Gasteiger partial charge is 0.497 e. The first-order valence-electron chi connectivity index (χ1n) is 11.7. The van der Waals surface area contributed by atoms with Gasteiger partial charge in [0.2, 0.25) is 10.0 Å². The molecule has 192 valence electrons. The van der Waals surface area contributed by atoms with Crippen LogP contribution in [0.15, 0.2) is 86.9 Å². The van der Waals surface area contributed by atoms with E-state index >= 15 is 0 Å². The van der Waals surface area contributed by atoms with E-state index in [1.54, 1.807) is 43.5 Å². The van der Waals surface area contributed by atoms with E-state index in [1.807, 2.05) is 26.0 Å². The Morgan fingerprint density at radius 1 is 0.973 bits per heavy atom. The van der Waals surface area contributed by atoms with Gasteiger partial charge >= 0.3 is 11.6 Å². The smallest absolute Gasteiger partial charge is 0.336 e. The Balaban J connectivity index is 1.59. The summed E-state index contributed by atoms with van der Waals surface area (Å²) in [6, 6.07) is 18.6. The summed E-state index contributed by atoms with van der Waals surface area (Å²) in [5.41, 5.74) is 2.03. The molecule has 0 aliphatic heterocycles. The van der Waals surface area contributed by atoms with Crippen molar-refractivity contribution in [1.82, 2.24) is 4.72 Å². The first-order chi connectivity index (χ1) is 17.7. The van der Waals surface area contributed by atoms with Gasteiger partial charge < -0.3 is 13.9 Å². The minimum atomic E-state index is -3.94. The topological polar surface area (TPSA) is 112 Å². The highest BCUT2D eigenvalue weighted by atomic mass is 32.2. The standard InChI is InChI=1S/C28H27NO7S/c1-4-5-25(29-37(32,33)22-13-6-18(2)7-14-22)28(31)35-21-12-15-23-24(17-27(30)36-26(23)16-21)19-8-10-20(34-3)11-9-19/h6-17,25,29H,4-5H2,1-3H3/t25-/m1/s1. The number of nitrogens with one attached hydrogen (secondary N) is 1. The van der Waals surface area contributed by atoms with Gasteiger partial charge in [-0.2, -0.15) is 4.72 Å². The van der Waals surface area contributed by atoms with Crippen molar-refractivity contribution in [3.05, 3.63) is 88.8 Å². The minimum absolute atomic E-state index is 0.0607. The van der Waals surface area contributed by atoms with E-state index in [2.05, 4.69) is 4.72 Å². The zero-order valence-electron chi connectivity index (χ0n) is 20.7. The molecule has 0 radical (unpaired) electrons. The van der Waals surface area contributed by atoms with Crippen molar-refractivity contribution in [3.63, 3.8) is 0 Å². The lowest BCUT2D eigenvalue weighted by Crippen LogP contribution is -2.42. The predicted octanol–water partition coefficient (Wildman–Crippen LogP) is 4.83. The molecule has 9 heteroatoms. The number of sulfonamides is 1. The van der Waals surface area contributed by atoms with Crippen LogP contribution in [0.5, 0.6) is 11.5 Å². The number of carbonyl (C=O) groups excluding carboxylic acids is 1. The molecule has 4 rings (SSSR count). The van der Waals surface area contributed by atoms with Crippen molar-refractivity contribution in [1.29, 1.82) is 0 Å². The Morgan fingerprint density at radius 2 is 1.65 bits per heavy atom. The van der Waals surface area contributed by atoms with Crippen LogP contribution in [0.25, 0.3) is 22.1 Å². The number of fused-ring (bicyclic) bond motifs is 1. The third-order valence-corrected chi connectivity index (χ3v) is 7.31. The zero-order valence-corrected chi connectivity index (χ0v) is 21.5. The van der Waals surface area contributed by atoms with Gasteiger partial charge in [-0.15, -0.1) is 0 Å². The van der Waals surface area contributed by atoms with Crippen LogP contribution in [-0.4, -0.2) is 27.5 Å². The number of esters is 1. The Morgan fingerprint density at radius 3 is 2.30 bits per heavy atom. The Bertz CT molecular complexity index is 1570. The van der Waals surface area contributed by atoms with E-state index in [9.17, 15) is 18.0 Å². The van der Waals surface area contributed by atoms with Gasteiger partial charge in [-0.1, -0.05) is 43.2 Å². The Hall–Kier alpha value is -3.95. The second-order valence-electron chi connectivity index (χ2n) is 8.56. The average Bonchev–Trinajstić information content (AvgIpc) is 2.88. The van der Waals surface area contributed by atoms with Gasteiger partial charge in [-0.05, 0) is 60.9 Å². The van der Waals surface area contributed by atoms with Crippen LogP contribution in [0.2, 0.25) is 0 Å². The Labute approximate surface area is 214 Å². The fraction of sp³-hybridized carbons (Fsp3) is 0.214. The highest BCUT2D eigenvalue weighted by molar-refractivity contribution is 7.89. The van der Waals surface area contributed by atoms with E-state index in [4.69, 9.17) is 13.9 Å². The van der Waals surface area contributed by atoms with Crippen LogP contribution in [0.1, 0.15) is 25.3 Å². The lowest BCUT2D eigenvalue weighted by atomic mass is 10.0. The normalized spacial score (nSPS) is 12.3. The van der Waals surface area contributed by atoms with Crippen LogP contribution in [0, 0.1) is 6.92 Å². The summed E-state index contributed by atoms with van der Waals surface area (Å²) in [4.78, 5) is 25.3. The van der Waals surface area contributed by atoms with Gasteiger partial charge in [0, 0.05) is 17.5 Å². The van der Waals surface area contributed by atoms with Crippen molar-refractivity contribution < 1.29 is 27.1 Å². The molecule has 1 aromatic heterocycles. The lowest BCUT2D eigenvalue weighted by molar-refractivity contribution is -0.136. The number of methoxy groups -OCH3 is 1. The molecule has 0 saturated carbocycles. The van der Waals surface area contributed by atoms with Crippen molar-refractivity contribution in [2.24, 2.45) is 0 Å². The second kappa shape index (κ2) is 11.0. The summed E-state index contributed by atoms with van der Waals surface area (Å²) >= 11 is 0. The fourth-order valence-electron chi connectivity index (χ4n) is 3.89. The quantitative estimate of drug-likeness (QED) is 0.191. The summed E-state index contributed by atoms with van der Waals surface area (Å²) in [5, 5.41) is 0.648. The average molecular weight is 522 g/mol. The fourth-order valence-corrected chi connectivity index (χ4v) is 5.11. The summed E-state index contributed by atoms with van der Waals surface area (Å²) in [7, 11) is -2.36. The summed E-state index contributed by atoms with van der Waals surface area (Å²) in [5.74, 6) is 0.0542. The van der Waals surface area contributed by atoms with Crippen LogP contribution in [-0.2, 0) is 14.8 Å². The maximum atomic E-state index is 13.0. The molecule has 8 nitrogen and oxygen atoms in total. The molecule has 4 aromatic rings. The van der Waals surface area contributed by atoms with Gasteiger partial charge in [0.15, 0.2) is 0 Å². The molecule has 1 N–H and O–H groups in total. The number of aryl methyl sites for hydroxylation is 1. The number of carbonyl (C=O) groups is 1. The maximum Gasteiger partial charge on any atom is 0.336 e. The first kappa shape index (κ1) is 26.1. The van der Waals surface area contributed by atoms with Gasteiger partial charge in [-0.3, -0.25) is 0 Å². The van der Waals surface area contributed by atoms with Crippen molar-refractivity contribution in [3.8, 4) is 22.6 Å². The molecule has 1 atom stereocenters. The molecule has 0 spiro atoms. The SMILES string of the molecule is CCC[C@@H](NS(=O)(=O)c1ccc(C)cc1)C(=O)Oc1ccc2c(-c3ccc(OC)cc3)cc(=O)oc2c1. The molecule has 0 fully saturated rings. The lowest BCUT2D eigenvalue weighted by Gasteiger charge is -2.17. The van der Waals surface area contributed by atoms with E-state index in [-0.39, 0.29) is 22.6 Å². The highest BCUT2D eigenvalue weighted by Gasteiger charge is 2.27. The molecule has 1 heterocycles. The molecule has 37 heavy (non-hydrogen) atoms. The van der Waals surface area contributed by atoms with Crippen molar-refractivity contribution in [2.75, 3.05) is 7.11 Å². The Kier molecular flexibility index (Phi) is 7.75. The predicted molar refractivity (Wildman–Crippen MR) is 140 cm³/mol. The molecule has 0 saturated heterocycles. The summed E-state index contributed by atoms with van der Waals surface area (Å²) in [6.07, 6.45) is 0.794. The molecule has 0 amide bonds. The number of ether oxygens (including phenoxy) is 2. The van der Waals surface area contributed by atoms with E-state index in [0.29, 0.717) is 23.1 Å². The van der Waals surface area contributed by atoms with E-state index < -0.39 is 27.7 Å². The third-order valence-electron chi connectivity index (χ3n) is 5.83. The summed E-state index contributed by atoms with van der Waals surface area (Å²) < 4.78 is 44.2. The third kappa shape index (κ3) is 6.07. The molecule has 3 aromatic carbocycles. The maximum absolute atomic E-state index is 13.0. The molecular formula is C28H27NO7S. The van der Waals surface area contributed by atoms with Crippen molar-refractivity contribution >= 4 is 27.0 Å². The van der Waals surface area contributed by atoms with Gasteiger partial charge in [0.25, 0.3) is 0 Å². The highest BCUT2D eigenvalue weighted by Crippen LogP contribution is 2.31. The monoisotopic (exact) mass is 521 g/mol. The van der Waals surface area contributed by atoms with Crippen LogP contribution >= 0.6 is 0 Å². The van der Waals surface area contributed by atoms with E-state index in [0.717, 1.165) is 11.1 Å². The van der Waals surface area contributed by atoms with E-state index in [1.165, 1.54) is 24.3 Å². The van der Waals surface area contributed by atoms with Crippen LogP contribution in [0.4, 0.5) is 0 Å². The minimum Gasteiger partial charge on any atom is -0.497 e. The number of hydrogen-bond donors (Lipinski definition) is 1. The van der Waals surface area contributed by atoms with Gasteiger partial charge in [0.05, 0.1) is 12.0 Å². The molecule has 0 bridgehead atoms. The molecule has 0 unspecified atom stereocenters. The summed E-state index contributed by atoms with van der Waals surface area (Å²) in [6.45, 7) is 3.69. The first-order valence-corrected chi connectivity index (χ1v) is 13.2. The van der Waals surface area contributed by atoms with Crippen molar-refractivity contribution in [2.45, 2.75) is 37.6 Å². The molecule has 0 aliphatic rings. The van der Waals surface area contributed by atoms with Crippen LogP contribution < -0.4 is 19.8 Å². The van der Waals surface area contributed by atoms with Gasteiger partial charge in [-0.25, -0.2) is 18.0 Å². The number of hydrogen-bond acceptors (Lipinski definition) is 7.